The average Bonchev–Trinajstić information content (AvgIpc) is 2.98. The van der Waals surface area contributed by atoms with Gasteiger partial charge < -0.3 is 14.6 Å². The van der Waals surface area contributed by atoms with Crippen LogP contribution in [0.1, 0.15) is 24.4 Å². The van der Waals surface area contributed by atoms with E-state index in [0.717, 1.165) is 44.5 Å². The quantitative estimate of drug-likeness (QED) is 0.942. The average molecular weight is 303 g/mol. The molecule has 1 saturated heterocycles. The summed E-state index contributed by atoms with van der Waals surface area (Å²) in [6.45, 7) is 2.80. The highest BCUT2D eigenvalue weighted by molar-refractivity contribution is 5.16. The molecule has 22 heavy (non-hydrogen) atoms. The van der Waals surface area contributed by atoms with Crippen LogP contribution in [0.25, 0.3) is 0 Å². The fourth-order valence-electron chi connectivity index (χ4n) is 3.10. The number of aliphatic hydroxyl groups is 1. The van der Waals surface area contributed by atoms with Crippen LogP contribution in [-0.4, -0.2) is 45.3 Å². The molecule has 1 N–H and O–H groups in total. The fraction of sp³-hybridized carbons (Fsp3) is 0.471. The van der Waals surface area contributed by atoms with Crippen LogP contribution >= 0.6 is 0 Å². The van der Waals surface area contributed by atoms with Gasteiger partial charge in [0.1, 0.15) is 5.82 Å². The summed E-state index contributed by atoms with van der Waals surface area (Å²) in [6, 6.07) is 6.82. The number of rotatable bonds is 4. The molecule has 1 fully saturated rings. The van der Waals surface area contributed by atoms with Crippen LogP contribution in [0.15, 0.2) is 43.0 Å². The van der Waals surface area contributed by atoms with Gasteiger partial charge in [-0.05, 0) is 37.0 Å². The van der Waals surface area contributed by atoms with Gasteiger partial charge in [0.2, 0.25) is 0 Å². The van der Waals surface area contributed by atoms with Crippen molar-refractivity contribution in [1.82, 2.24) is 14.5 Å². The minimum atomic E-state index is -0.329. The largest absolute Gasteiger partial charge is 0.391 e. The van der Waals surface area contributed by atoms with Crippen molar-refractivity contribution in [2.75, 3.05) is 19.6 Å². The van der Waals surface area contributed by atoms with Gasteiger partial charge in [0.05, 0.1) is 18.5 Å². The molecular formula is C17H22FN3O. The SMILES string of the molecule is O[C@H]1CCN(CCc2ccc(F)cc2)CC[C@@H]1n1ccnc1. The van der Waals surface area contributed by atoms with Crippen molar-refractivity contribution in [3.8, 4) is 0 Å². The van der Waals surface area contributed by atoms with E-state index in [0.29, 0.717) is 0 Å². The molecule has 1 aliphatic heterocycles. The number of imidazole rings is 1. The summed E-state index contributed by atoms with van der Waals surface area (Å²) in [4.78, 5) is 6.45. The Labute approximate surface area is 130 Å². The number of halogens is 1. The Bertz CT molecular complexity index is 570. The molecule has 0 saturated carbocycles. The van der Waals surface area contributed by atoms with Crippen molar-refractivity contribution in [2.24, 2.45) is 0 Å². The van der Waals surface area contributed by atoms with E-state index in [1.54, 1.807) is 12.5 Å². The first-order valence-electron chi connectivity index (χ1n) is 7.84. The van der Waals surface area contributed by atoms with E-state index >= 15 is 0 Å². The van der Waals surface area contributed by atoms with Crippen LogP contribution < -0.4 is 0 Å². The maximum atomic E-state index is 12.9. The first kappa shape index (κ1) is 15.2. The minimum absolute atomic E-state index is 0.110. The number of likely N-dealkylation sites (tertiary alicyclic amines) is 1. The summed E-state index contributed by atoms with van der Waals surface area (Å²) >= 11 is 0. The molecule has 2 atom stereocenters. The van der Waals surface area contributed by atoms with Crippen molar-refractivity contribution in [3.05, 3.63) is 54.4 Å². The molecule has 4 nitrogen and oxygen atoms in total. The molecule has 0 bridgehead atoms. The number of aromatic nitrogens is 2. The van der Waals surface area contributed by atoms with Crippen molar-refractivity contribution in [2.45, 2.75) is 31.4 Å². The lowest BCUT2D eigenvalue weighted by Crippen LogP contribution is -2.27. The van der Waals surface area contributed by atoms with Crippen molar-refractivity contribution >= 4 is 0 Å². The topological polar surface area (TPSA) is 41.3 Å². The second-order valence-corrected chi connectivity index (χ2v) is 5.94. The molecule has 0 unspecified atom stereocenters. The van der Waals surface area contributed by atoms with Gasteiger partial charge in [0.15, 0.2) is 0 Å². The standard InChI is InChI=1S/C17H22FN3O/c18-15-3-1-14(2-4-15)5-9-20-10-6-16(17(22)7-11-20)21-12-8-19-13-21/h1-4,8,12-13,16-17,22H,5-7,9-11H2/t16-,17-/m0/s1. The monoisotopic (exact) mass is 303 g/mol. The van der Waals surface area contributed by atoms with Gasteiger partial charge in [-0.3, -0.25) is 0 Å². The Morgan fingerprint density at radius 3 is 2.68 bits per heavy atom. The zero-order valence-electron chi connectivity index (χ0n) is 12.6. The van der Waals surface area contributed by atoms with E-state index in [2.05, 4.69) is 9.88 Å². The third-order valence-electron chi connectivity index (χ3n) is 4.46. The summed E-state index contributed by atoms with van der Waals surface area (Å²) < 4.78 is 14.9. The third kappa shape index (κ3) is 3.72. The predicted molar refractivity (Wildman–Crippen MR) is 83.0 cm³/mol. The van der Waals surface area contributed by atoms with Gasteiger partial charge in [-0.1, -0.05) is 12.1 Å². The van der Waals surface area contributed by atoms with Crippen LogP contribution in [0.5, 0.6) is 0 Å². The molecule has 5 heteroatoms. The molecule has 0 radical (unpaired) electrons. The fourth-order valence-corrected chi connectivity index (χ4v) is 3.10. The second-order valence-electron chi connectivity index (χ2n) is 5.94. The van der Waals surface area contributed by atoms with Gasteiger partial charge in [0.25, 0.3) is 0 Å². The van der Waals surface area contributed by atoms with Crippen molar-refractivity contribution < 1.29 is 9.50 Å². The molecule has 0 aliphatic carbocycles. The lowest BCUT2D eigenvalue weighted by molar-refractivity contribution is 0.108. The van der Waals surface area contributed by atoms with Crippen LogP contribution in [0.3, 0.4) is 0 Å². The number of nitrogens with zero attached hydrogens (tertiary/aromatic N) is 3. The Balaban J connectivity index is 1.54. The summed E-state index contributed by atoms with van der Waals surface area (Å²) in [5, 5.41) is 10.3. The predicted octanol–water partition coefficient (Wildman–Crippen LogP) is 2.26. The Morgan fingerprint density at radius 2 is 1.95 bits per heavy atom. The van der Waals surface area contributed by atoms with E-state index in [-0.39, 0.29) is 18.0 Å². The highest BCUT2D eigenvalue weighted by Crippen LogP contribution is 2.23. The molecule has 1 aromatic carbocycles. The van der Waals surface area contributed by atoms with E-state index in [1.165, 1.54) is 12.1 Å². The zero-order chi connectivity index (χ0) is 15.4. The normalized spacial score (nSPS) is 23.4. The molecule has 3 rings (SSSR count). The van der Waals surface area contributed by atoms with E-state index < -0.39 is 0 Å². The van der Waals surface area contributed by atoms with Crippen molar-refractivity contribution in [3.63, 3.8) is 0 Å². The number of benzene rings is 1. The molecule has 2 aromatic rings. The van der Waals surface area contributed by atoms with Gasteiger partial charge in [-0.2, -0.15) is 0 Å². The molecular weight excluding hydrogens is 281 g/mol. The number of hydrogen-bond acceptors (Lipinski definition) is 3. The summed E-state index contributed by atoms with van der Waals surface area (Å²) in [7, 11) is 0. The zero-order valence-corrected chi connectivity index (χ0v) is 12.6. The lowest BCUT2D eigenvalue weighted by atomic mass is 10.1. The first-order chi connectivity index (χ1) is 10.7. The van der Waals surface area contributed by atoms with Crippen LogP contribution in [-0.2, 0) is 6.42 Å². The van der Waals surface area contributed by atoms with Gasteiger partial charge in [-0.25, -0.2) is 9.37 Å². The highest BCUT2D eigenvalue weighted by Gasteiger charge is 2.25. The third-order valence-corrected chi connectivity index (χ3v) is 4.46. The summed E-state index contributed by atoms with van der Waals surface area (Å²) in [6.07, 6.45) is 7.72. The molecule has 1 aliphatic rings. The summed E-state index contributed by atoms with van der Waals surface area (Å²) in [5.41, 5.74) is 1.15. The maximum absolute atomic E-state index is 12.9. The molecule has 118 valence electrons. The molecule has 0 amide bonds. The van der Waals surface area contributed by atoms with Crippen molar-refractivity contribution in [1.29, 1.82) is 0 Å². The smallest absolute Gasteiger partial charge is 0.123 e. The highest BCUT2D eigenvalue weighted by atomic mass is 19.1. The van der Waals surface area contributed by atoms with Crippen LogP contribution in [0.4, 0.5) is 4.39 Å². The Morgan fingerprint density at radius 1 is 1.18 bits per heavy atom. The first-order valence-corrected chi connectivity index (χ1v) is 7.84. The second kappa shape index (κ2) is 7.03. The number of aliphatic hydroxyl groups excluding tert-OH is 1. The van der Waals surface area contributed by atoms with Gasteiger partial charge in [-0.15, -0.1) is 0 Å². The molecule has 1 aromatic heterocycles. The Hall–Kier alpha value is -1.72. The lowest BCUT2D eigenvalue weighted by Gasteiger charge is -2.21. The molecule has 2 heterocycles. The van der Waals surface area contributed by atoms with Gasteiger partial charge in [0, 0.05) is 32.0 Å². The molecule has 0 spiro atoms. The van der Waals surface area contributed by atoms with E-state index in [1.807, 2.05) is 22.9 Å². The van der Waals surface area contributed by atoms with E-state index in [4.69, 9.17) is 0 Å². The number of hydrogen-bond donors (Lipinski definition) is 1. The van der Waals surface area contributed by atoms with E-state index in [9.17, 15) is 9.50 Å². The Kier molecular flexibility index (Phi) is 4.85. The van der Waals surface area contributed by atoms with Crippen LogP contribution in [0.2, 0.25) is 0 Å². The van der Waals surface area contributed by atoms with Crippen LogP contribution in [0, 0.1) is 5.82 Å². The minimum Gasteiger partial charge on any atom is -0.391 e. The summed E-state index contributed by atoms with van der Waals surface area (Å²) in [5.74, 6) is -0.190. The maximum Gasteiger partial charge on any atom is 0.123 e. The van der Waals surface area contributed by atoms with Gasteiger partial charge >= 0.3 is 0 Å².